The number of nitrogens with one attached hydrogen (secondary N) is 1. The summed E-state index contributed by atoms with van der Waals surface area (Å²) in [7, 11) is 1.03. The zero-order valence-electron chi connectivity index (χ0n) is 10.0. The summed E-state index contributed by atoms with van der Waals surface area (Å²) in [5, 5.41) is 11.0. The van der Waals surface area contributed by atoms with Gasteiger partial charge >= 0.3 is 17.8 Å². The summed E-state index contributed by atoms with van der Waals surface area (Å²) in [4.78, 5) is 33.0. The molecule has 18 heavy (non-hydrogen) atoms. The van der Waals surface area contributed by atoms with Crippen LogP contribution >= 0.6 is 0 Å². The number of amides is 1. The molecule has 0 fully saturated rings. The van der Waals surface area contributed by atoms with Gasteiger partial charge in [0.05, 0.1) is 7.11 Å². The molecule has 1 atom stereocenters. The quantitative estimate of drug-likeness (QED) is 0.406. The molecular formula is C12H15NO5. The van der Waals surface area contributed by atoms with Crippen molar-refractivity contribution in [2.24, 2.45) is 0 Å². The van der Waals surface area contributed by atoms with Crippen LogP contribution in [0.3, 0.4) is 0 Å². The molecule has 6 nitrogen and oxygen atoms in total. The smallest absolute Gasteiger partial charge is 0.396 e. The van der Waals surface area contributed by atoms with Gasteiger partial charge in [0.15, 0.2) is 0 Å². The summed E-state index contributed by atoms with van der Waals surface area (Å²) in [6.07, 6.45) is 4.47. The van der Waals surface area contributed by atoms with Crippen LogP contribution in [-0.4, -0.2) is 36.1 Å². The number of hydrogen-bond donors (Lipinski definition) is 2. The van der Waals surface area contributed by atoms with Crippen LogP contribution in [0.15, 0.2) is 37.0 Å². The maximum Gasteiger partial charge on any atom is 0.396 e. The van der Waals surface area contributed by atoms with Crippen LogP contribution in [0.5, 0.6) is 0 Å². The van der Waals surface area contributed by atoms with E-state index >= 15 is 0 Å². The Hall–Kier alpha value is -2.37. The first-order chi connectivity index (χ1) is 8.46. The molecule has 0 aromatic heterocycles. The number of ether oxygens (including phenoxy) is 1. The van der Waals surface area contributed by atoms with E-state index < -0.39 is 23.9 Å². The lowest BCUT2D eigenvalue weighted by Crippen LogP contribution is -2.44. The van der Waals surface area contributed by atoms with Crippen molar-refractivity contribution in [2.45, 2.75) is 12.5 Å². The second-order valence-corrected chi connectivity index (χ2v) is 3.24. The first kappa shape index (κ1) is 15.6. The van der Waals surface area contributed by atoms with E-state index in [9.17, 15) is 14.4 Å². The van der Waals surface area contributed by atoms with Crippen LogP contribution in [-0.2, 0) is 19.1 Å². The van der Waals surface area contributed by atoms with Crippen molar-refractivity contribution < 1.29 is 24.2 Å². The van der Waals surface area contributed by atoms with Crippen molar-refractivity contribution in [3.8, 4) is 0 Å². The van der Waals surface area contributed by atoms with Crippen LogP contribution < -0.4 is 5.32 Å². The van der Waals surface area contributed by atoms with Gasteiger partial charge in [-0.15, -0.1) is 0 Å². The van der Waals surface area contributed by atoms with Crippen LogP contribution in [0.4, 0.5) is 0 Å². The molecule has 0 aliphatic heterocycles. The lowest BCUT2D eigenvalue weighted by molar-refractivity contribution is -0.154. The van der Waals surface area contributed by atoms with E-state index in [-0.39, 0.29) is 6.42 Å². The molecule has 0 aliphatic carbocycles. The average molecular weight is 253 g/mol. The maximum atomic E-state index is 11.2. The molecule has 1 amide bonds. The van der Waals surface area contributed by atoms with Gasteiger partial charge in [0.2, 0.25) is 0 Å². The first-order valence-electron chi connectivity index (χ1n) is 5.01. The first-order valence-corrected chi connectivity index (χ1v) is 5.01. The van der Waals surface area contributed by atoms with Crippen LogP contribution in [0, 0.1) is 0 Å². The minimum atomic E-state index is -1.26. The normalized spacial score (nSPS) is 12.2. The van der Waals surface area contributed by atoms with Crippen molar-refractivity contribution in [3.63, 3.8) is 0 Å². The molecular weight excluding hydrogens is 238 g/mol. The highest BCUT2D eigenvalue weighted by molar-refractivity contribution is 6.32. The number of hydrogen-bond acceptors (Lipinski definition) is 4. The summed E-state index contributed by atoms with van der Waals surface area (Å²) in [5.41, 5.74) is 0.572. The number of esters is 1. The Balaban J connectivity index is 4.78. The lowest BCUT2D eigenvalue weighted by Gasteiger charge is -2.13. The van der Waals surface area contributed by atoms with Crippen molar-refractivity contribution in [2.75, 3.05) is 7.11 Å². The fraction of sp³-hybridized carbons (Fsp3) is 0.250. The van der Waals surface area contributed by atoms with Gasteiger partial charge in [-0.05, 0) is 5.57 Å². The minimum Gasteiger partial charge on any atom is -0.480 e. The van der Waals surface area contributed by atoms with E-state index in [1.165, 1.54) is 12.2 Å². The SMILES string of the molecule is C=C/C=C(\C=C)C[C@H](NC(=O)C(=O)OC)C(=O)O. The van der Waals surface area contributed by atoms with E-state index in [1.807, 2.05) is 0 Å². The van der Waals surface area contributed by atoms with E-state index in [0.717, 1.165) is 7.11 Å². The van der Waals surface area contributed by atoms with Gasteiger partial charge in [-0.3, -0.25) is 4.79 Å². The van der Waals surface area contributed by atoms with Crippen molar-refractivity contribution in [3.05, 3.63) is 37.0 Å². The lowest BCUT2D eigenvalue weighted by atomic mass is 10.1. The summed E-state index contributed by atoms with van der Waals surface area (Å²) >= 11 is 0. The van der Waals surface area contributed by atoms with E-state index in [0.29, 0.717) is 5.57 Å². The Bertz CT molecular complexity index is 397. The van der Waals surface area contributed by atoms with Crippen molar-refractivity contribution >= 4 is 17.8 Å². The maximum absolute atomic E-state index is 11.2. The highest BCUT2D eigenvalue weighted by Crippen LogP contribution is 2.07. The zero-order chi connectivity index (χ0) is 14.1. The molecule has 0 aliphatic rings. The van der Waals surface area contributed by atoms with Gasteiger partial charge in [-0.1, -0.05) is 31.4 Å². The number of allylic oxidation sites excluding steroid dienone is 3. The largest absolute Gasteiger partial charge is 0.480 e. The number of methoxy groups -OCH3 is 1. The Morgan fingerprint density at radius 1 is 1.39 bits per heavy atom. The fourth-order valence-electron chi connectivity index (χ4n) is 1.12. The van der Waals surface area contributed by atoms with Crippen molar-refractivity contribution in [1.29, 1.82) is 0 Å². The van der Waals surface area contributed by atoms with E-state index in [2.05, 4.69) is 23.2 Å². The molecule has 0 rings (SSSR count). The molecule has 98 valence electrons. The third kappa shape index (κ3) is 5.11. The number of aliphatic carboxylic acids is 1. The van der Waals surface area contributed by atoms with Crippen LogP contribution in [0.1, 0.15) is 6.42 Å². The Morgan fingerprint density at radius 2 is 2.00 bits per heavy atom. The number of carbonyl (C=O) groups excluding carboxylic acids is 2. The fourth-order valence-corrected chi connectivity index (χ4v) is 1.12. The monoisotopic (exact) mass is 253 g/mol. The predicted octanol–water partition coefficient (Wildman–Crippen LogP) is 0.417. The van der Waals surface area contributed by atoms with Crippen LogP contribution in [0.2, 0.25) is 0 Å². The summed E-state index contributed by atoms with van der Waals surface area (Å²) in [6, 6.07) is -1.24. The Kier molecular flexibility index (Phi) is 6.80. The molecule has 0 saturated carbocycles. The molecule has 0 aromatic carbocycles. The summed E-state index contributed by atoms with van der Waals surface area (Å²) in [5.74, 6) is -3.51. The topological polar surface area (TPSA) is 92.7 Å². The second kappa shape index (κ2) is 7.83. The molecule has 6 heteroatoms. The third-order valence-corrected chi connectivity index (χ3v) is 2.01. The highest BCUT2D eigenvalue weighted by atomic mass is 16.5. The number of rotatable bonds is 6. The van der Waals surface area contributed by atoms with Gasteiger partial charge in [-0.2, -0.15) is 0 Å². The molecule has 0 saturated heterocycles. The molecule has 0 spiro atoms. The Labute approximate surface area is 105 Å². The number of carboxylic acid groups (broad SMARTS) is 1. The van der Waals surface area contributed by atoms with Gasteiger partial charge in [-0.25, -0.2) is 9.59 Å². The average Bonchev–Trinajstić information content (AvgIpc) is 2.35. The highest BCUT2D eigenvalue weighted by Gasteiger charge is 2.24. The molecule has 0 radical (unpaired) electrons. The van der Waals surface area contributed by atoms with Crippen LogP contribution in [0.25, 0.3) is 0 Å². The van der Waals surface area contributed by atoms with Gasteiger partial charge in [0.25, 0.3) is 0 Å². The number of carbonyl (C=O) groups is 3. The van der Waals surface area contributed by atoms with E-state index in [4.69, 9.17) is 5.11 Å². The predicted molar refractivity (Wildman–Crippen MR) is 64.7 cm³/mol. The third-order valence-electron chi connectivity index (χ3n) is 2.01. The number of carboxylic acids is 1. The molecule has 0 aromatic rings. The second-order valence-electron chi connectivity index (χ2n) is 3.24. The zero-order valence-corrected chi connectivity index (χ0v) is 10.0. The minimum absolute atomic E-state index is 0.00636. The molecule has 0 heterocycles. The van der Waals surface area contributed by atoms with Gasteiger partial charge < -0.3 is 15.2 Å². The summed E-state index contributed by atoms with van der Waals surface area (Å²) < 4.78 is 4.18. The van der Waals surface area contributed by atoms with E-state index in [1.54, 1.807) is 6.08 Å². The molecule has 0 unspecified atom stereocenters. The van der Waals surface area contributed by atoms with Gasteiger partial charge in [0, 0.05) is 6.42 Å². The van der Waals surface area contributed by atoms with Gasteiger partial charge in [0.1, 0.15) is 6.04 Å². The summed E-state index contributed by atoms with van der Waals surface area (Å²) in [6.45, 7) is 6.98. The Morgan fingerprint density at radius 3 is 2.39 bits per heavy atom. The van der Waals surface area contributed by atoms with Crippen molar-refractivity contribution in [1.82, 2.24) is 5.32 Å². The molecule has 0 bridgehead atoms. The standard InChI is InChI=1S/C12H15NO5/c1-4-6-8(5-2)7-9(11(15)16)13-10(14)12(17)18-3/h4-6,9H,1-2,7H2,3H3,(H,13,14)(H,15,16)/b8-6+/t9-/m0/s1. The molecule has 2 N–H and O–H groups in total.